The third kappa shape index (κ3) is 1.58. The van der Waals surface area contributed by atoms with Crippen molar-refractivity contribution in [3.63, 3.8) is 0 Å². The van der Waals surface area contributed by atoms with E-state index in [2.05, 4.69) is 0 Å². The summed E-state index contributed by atoms with van der Waals surface area (Å²) in [7, 11) is 0. The minimum atomic E-state index is -0.294. The molecule has 60 valence electrons. The Morgan fingerprint density at radius 1 is 1.50 bits per heavy atom. The van der Waals surface area contributed by atoms with Gasteiger partial charge >= 0.3 is 0 Å². The molecule has 0 aromatic carbocycles. The second-order valence-corrected chi connectivity index (χ2v) is 4.35. The lowest BCUT2D eigenvalue weighted by Crippen LogP contribution is -2.31. The fraction of sp³-hybridized carbons (Fsp3) is 1.00. The average molecular weight is 183 g/mol. The highest BCUT2D eigenvalue weighted by Gasteiger charge is 2.39. The molecular formula is C7H12Cl2O. The molecule has 1 saturated heterocycles. The van der Waals surface area contributed by atoms with Gasteiger partial charge in [-0.05, 0) is 20.3 Å². The van der Waals surface area contributed by atoms with Crippen LogP contribution in [0.3, 0.4) is 0 Å². The summed E-state index contributed by atoms with van der Waals surface area (Å²) in [6, 6.07) is 0. The number of hydrogen-bond acceptors (Lipinski definition) is 1. The quantitative estimate of drug-likeness (QED) is 0.567. The molecule has 1 fully saturated rings. The van der Waals surface area contributed by atoms with Crippen LogP contribution in [0, 0.1) is 5.92 Å². The largest absolute Gasteiger partial charge is 0.375 e. The Balaban J connectivity index is 2.59. The van der Waals surface area contributed by atoms with Crippen molar-refractivity contribution in [3.8, 4) is 0 Å². The lowest BCUT2D eigenvalue weighted by Gasteiger charge is -2.26. The topological polar surface area (TPSA) is 9.23 Å². The summed E-state index contributed by atoms with van der Waals surface area (Å²) in [6.45, 7) is 4.85. The first-order valence-electron chi connectivity index (χ1n) is 3.46. The molecule has 1 unspecified atom stereocenters. The number of hydrogen-bond donors (Lipinski definition) is 0. The Morgan fingerprint density at radius 2 is 2.10 bits per heavy atom. The van der Waals surface area contributed by atoms with Crippen LogP contribution in [-0.4, -0.2) is 17.0 Å². The fourth-order valence-electron chi connectivity index (χ4n) is 1.33. The molecule has 3 heteroatoms. The highest BCUT2D eigenvalue weighted by Crippen LogP contribution is 2.37. The SMILES string of the molecule is CC1(C)OCCC1C(Cl)Cl. The van der Waals surface area contributed by atoms with Crippen LogP contribution >= 0.6 is 23.2 Å². The molecule has 1 rings (SSSR count). The van der Waals surface area contributed by atoms with Crippen LogP contribution in [0.25, 0.3) is 0 Å². The van der Waals surface area contributed by atoms with E-state index in [0.717, 1.165) is 13.0 Å². The first-order chi connectivity index (χ1) is 4.54. The molecule has 0 spiro atoms. The van der Waals surface area contributed by atoms with Crippen LogP contribution in [0.1, 0.15) is 20.3 Å². The van der Waals surface area contributed by atoms with Gasteiger partial charge in [0.05, 0.1) is 5.60 Å². The van der Waals surface area contributed by atoms with Gasteiger partial charge in [-0.1, -0.05) is 0 Å². The van der Waals surface area contributed by atoms with Crippen LogP contribution in [0.5, 0.6) is 0 Å². The van der Waals surface area contributed by atoms with Crippen molar-refractivity contribution in [2.75, 3.05) is 6.61 Å². The van der Waals surface area contributed by atoms with E-state index in [1.54, 1.807) is 0 Å². The van der Waals surface area contributed by atoms with Gasteiger partial charge in [0.25, 0.3) is 0 Å². The molecule has 1 heterocycles. The summed E-state index contributed by atoms with van der Waals surface area (Å²) < 4.78 is 5.45. The van der Waals surface area contributed by atoms with Gasteiger partial charge in [-0.3, -0.25) is 0 Å². The minimum Gasteiger partial charge on any atom is -0.375 e. The number of halogens is 2. The van der Waals surface area contributed by atoms with E-state index in [-0.39, 0.29) is 16.4 Å². The molecule has 0 aromatic heterocycles. The molecule has 0 bridgehead atoms. The van der Waals surface area contributed by atoms with Crippen molar-refractivity contribution in [2.24, 2.45) is 5.92 Å². The Kier molecular flexibility index (Phi) is 2.49. The van der Waals surface area contributed by atoms with Gasteiger partial charge in [0, 0.05) is 12.5 Å². The predicted octanol–water partition coefficient (Wildman–Crippen LogP) is 2.61. The molecule has 0 aromatic rings. The molecule has 1 aliphatic heterocycles. The Hall–Kier alpha value is 0.540. The summed E-state index contributed by atoms with van der Waals surface area (Å²) in [5.74, 6) is 0.288. The summed E-state index contributed by atoms with van der Waals surface area (Å²) in [6.07, 6.45) is 0.977. The zero-order valence-electron chi connectivity index (χ0n) is 6.23. The van der Waals surface area contributed by atoms with Gasteiger partial charge in [-0.25, -0.2) is 0 Å². The second-order valence-electron chi connectivity index (χ2n) is 3.18. The molecule has 1 aliphatic rings. The second kappa shape index (κ2) is 2.88. The smallest absolute Gasteiger partial charge is 0.113 e. The molecular weight excluding hydrogens is 171 g/mol. The highest BCUT2D eigenvalue weighted by molar-refractivity contribution is 6.44. The van der Waals surface area contributed by atoms with Crippen molar-refractivity contribution in [3.05, 3.63) is 0 Å². The van der Waals surface area contributed by atoms with E-state index >= 15 is 0 Å². The Labute approximate surface area is 71.6 Å². The predicted molar refractivity (Wildman–Crippen MR) is 43.6 cm³/mol. The van der Waals surface area contributed by atoms with Gasteiger partial charge in [0.1, 0.15) is 4.84 Å². The maximum absolute atomic E-state index is 5.75. The highest BCUT2D eigenvalue weighted by atomic mass is 35.5. The van der Waals surface area contributed by atoms with Crippen LogP contribution in [0.4, 0.5) is 0 Å². The van der Waals surface area contributed by atoms with Crippen molar-refractivity contribution in [1.82, 2.24) is 0 Å². The van der Waals surface area contributed by atoms with E-state index in [1.165, 1.54) is 0 Å². The van der Waals surface area contributed by atoms with Gasteiger partial charge in [-0.2, -0.15) is 0 Å². The third-order valence-electron chi connectivity index (χ3n) is 2.10. The van der Waals surface area contributed by atoms with Crippen molar-refractivity contribution in [2.45, 2.75) is 30.7 Å². The van der Waals surface area contributed by atoms with E-state index in [0.29, 0.717) is 0 Å². The number of ether oxygens (including phenoxy) is 1. The van der Waals surface area contributed by atoms with Gasteiger partial charge in [0.2, 0.25) is 0 Å². The third-order valence-corrected chi connectivity index (χ3v) is 2.71. The van der Waals surface area contributed by atoms with Crippen molar-refractivity contribution in [1.29, 1.82) is 0 Å². The van der Waals surface area contributed by atoms with E-state index in [9.17, 15) is 0 Å². The summed E-state index contributed by atoms with van der Waals surface area (Å²) in [5, 5.41) is 0. The molecule has 10 heavy (non-hydrogen) atoms. The molecule has 0 aliphatic carbocycles. The van der Waals surface area contributed by atoms with Crippen LogP contribution in [0.15, 0.2) is 0 Å². The Bertz CT molecular complexity index is 123. The maximum Gasteiger partial charge on any atom is 0.113 e. The average Bonchev–Trinajstić information content (AvgIpc) is 2.08. The summed E-state index contributed by atoms with van der Waals surface area (Å²) in [4.78, 5) is -0.294. The van der Waals surface area contributed by atoms with E-state index < -0.39 is 0 Å². The standard InChI is InChI=1S/C7H12Cl2O/c1-7(2)5(6(8)9)3-4-10-7/h5-6H,3-4H2,1-2H3. The van der Waals surface area contributed by atoms with Crippen molar-refractivity contribution < 1.29 is 4.74 Å². The summed E-state index contributed by atoms with van der Waals surface area (Å²) >= 11 is 11.5. The molecule has 0 saturated carbocycles. The fourth-order valence-corrected chi connectivity index (χ4v) is 2.19. The number of rotatable bonds is 1. The lowest BCUT2D eigenvalue weighted by atomic mass is 9.93. The van der Waals surface area contributed by atoms with E-state index in [1.807, 2.05) is 13.8 Å². The molecule has 0 amide bonds. The molecule has 0 N–H and O–H groups in total. The van der Waals surface area contributed by atoms with Crippen molar-refractivity contribution >= 4 is 23.2 Å². The first kappa shape index (κ1) is 8.63. The normalized spacial score (nSPS) is 31.5. The van der Waals surface area contributed by atoms with Gasteiger partial charge < -0.3 is 4.74 Å². The lowest BCUT2D eigenvalue weighted by molar-refractivity contribution is 0.0141. The minimum absolute atomic E-state index is 0.131. The monoisotopic (exact) mass is 182 g/mol. The molecule has 1 nitrogen and oxygen atoms in total. The first-order valence-corrected chi connectivity index (χ1v) is 4.33. The zero-order chi connectivity index (χ0) is 7.78. The van der Waals surface area contributed by atoms with Crippen LogP contribution in [-0.2, 0) is 4.74 Å². The molecule has 1 atom stereocenters. The Morgan fingerprint density at radius 3 is 2.30 bits per heavy atom. The van der Waals surface area contributed by atoms with Gasteiger partial charge in [-0.15, -0.1) is 23.2 Å². The van der Waals surface area contributed by atoms with Gasteiger partial charge in [0.15, 0.2) is 0 Å². The molecule has 0 radical (unpaired) electrons. The van der Waals surface area contributed by atoms with Crippen LogP contribution in [0.2, 0.25) is 0 Å². The van der Waals surface area contributed by atoms with E-state index in [4.69, 9.17) is 27.9 Å². The zero-order valence-corrected chi connectivity index (χ0v) is 7.74. The maximum atomic E-state index is 5.75. The summed E-state index contributed by atoms with van der Waals surface area (Å²) in [5.41, 5.74) is -0.131. The number of alkyl halides is 2. The van der Waals surface area contributed by atoms with Crippen LogP contribution < -0.4 is 0 Å².